The molecule has 0 spiro atoms. The van der Waals surface area contributed by atoms with Crippen molar-refractivity contribution < 1.29 is 4.39 Å². The van der Waals surface area contributed by atoms with Gasteiger partial charge in [-0.3, -0.25) is 5.01 Å². The van der Waals surface area contributed by atoms with Crippen molar-refractivity contribution in [3.8, 4) is 0 Å². The predicted molar refractivity (Wildman–Crippen MR) is 101 cm³/mol. The molecule has 1 unspecified atom stereocenters. The van der Waals surface area contributed by atoms with Gasteiger partial charge < -0.3 is 0 Å². The van der Waals surface area contributed by atoms with Crippen molar-refractivity contribution in [2.24, 2.45) is 5.10 Å². The minimum atomic E-state index is -0.241. The average molecular weight is 354 g/mol. The van der Waals surface area contributed by atoms with Crippen molar-refractivity contribution in [1.29, 1.82) is 0 Å². The number of halogens is 1. The number of hydrogen-bond acceptors (Lipinski definition) is 4. The Morgan fingerprint density at radius 1 is 1.04 bits per heavy atom. The van der Waals surface area contributed by atoms with Crippen molar-refractivity contribution in [3.05, 3.63) is 80.9 Å². The number of hydrazone groups is 1. The SMILES string of the molecule is Fc1cccc(N2N=C(C=Cc3cccs3)CC2c2cccs2)c1. The van der Waals surface area contributed by atoms with Crippen LogP contribution in [0.5, 0.6) is 0 Å². The highest BCUT2D eigenvalue weighted by molar-refractivity contribution is 7.10. The van der Waals surface area contributed by atoms with Crippen LogP contribution in [0, 0.1) is 5.82 Å². The molecule has 1 aromatic carbocycles. The van der Waals surface area contributed by atoms with Crippen LogP contribution < -0.4 is 5.01 Å². The van der Waals surface area contributed by atoms with Gasteiger partial charge in [0.2, 0.25) is 0 Å². The van der Waals surface area contributed by atoms with E-state index in [1.807, 2.05) is 23.2 Å². The lowest BCUT2D eigenvalue weighted by Crippen LogP contribution is -2.17. The number of hydrogen-bond donors (Lipinski definition) is 0. The van der Waals surface area contributed by atoms with Crippen molar-refractivity contribution in [3.63, 3.8) is 0 Å². The number of nitrogens with zero attached hydrogens (tertiary/aromatic N) is 2. The van der Waals surface area contributed by atoms with E-state index in [9.17, 15) is 4.39 Å². The first-order valence-corrected chi connectivity index (χ1v) is 9.43. The Labute approximate surface area is 148 Å². The number of allylic oxidation sites excluding steroid dienone is 1. The fourth-order valence-corrected chi connectivity index (χ4v) is 4.19. The molecule has 0 saturated carbocycles. The lowest BCUT2D eigenvalue weighted by molar-refractivity contribution is 0.624. The summed E-state index contributed by atoms with van der Waals surface area (Å²) in [5.41, 5.74) is 1.79. The summed E-state index contributed by atoms with van der Waals surface area (Å²) in [7, 11) is 0. The number of thiophene rings is 2. The normalized spacial score (nSPS) is 17.6. The second kappa shape index (κ2) is 6.71. The molecule has 0 radical (unpaired) electrons. The van der Waals surface area contributed by atoms with Crippen LogP contribution >= 0.6 is 22.7 Å². The van der Waals surface area contributed by atoms with Crippen molar-refractivity contribution in [2.75, 3.05) is 5.01 Å². The summed E-state index contributed by atoms with van der Waals surface area (Å²) < 4.78 is 13.6. The zero-order chi connectivity index (χ0) is 16.4. The first-order valence-electron chi connectivity index (χ1n) is 7.67. The Hall–Kier alpha value is -2.24. The summed E-state index contributed by atoms with van der Waals surface area (Å²) in [6, 6.07) is 15.0. The Bertz CT molecular complexity index is 867. The van der Waals surface area contributed by atoms with E-state index in [1.54, 1.807) is 28.7 Å². The lowest BCUT2D eigenvalue weighted by Gasteiger charge is -2.22. The van der Waals surface area contributed by atoms with Gasteiger partial charge in [-0.15, -0.1) is 22.7 Å². The van der Waals surface area contributed by atoms with Gasteiger partial charge in [0.1, 0.15) is 5.82 Å². The second-order valence-corrected chi connectivity index (χ2v) is 7.46. The molecule has 24 heavy (non-hydrogen) atoms. The zero-order valence-corrected chi connectivity index (χ0v) is 14.4. The van der Waals surface area contributed by atoms with E-state index in [1.165, 1.54) is 21.9 Å². The Morgan fingerprint density at radius 2 is 1.92 bits per heavy atom. The molecule has 0 fully saturated rings. The van der Waals surface area contributed by atoms with Gasteiger partial charge in [0.05, 0.1) is 17.4 Å². The summed E-state index contributed by atoms with van der Waals surface area (Å²) >= 11 is 3.41. The number of benzene rings is 1. The number of anilines is 1. The van der Waals surface area contributed by atoms with Gasteiger partial charge in [-0.25, -0.2) is 4.39 Å². The molecule has 0 aliphatic carbocycles. The summed E-state index contributed by atoms with van der Waals surface area (Å²) in [4.78, 5) is 2.44. The molecule has 4 rings (SSSR count). The average Bonchev–Trinajstić information content (AvgIpc) is 3.33. The first kappa shape index (κ1) is 15.3. The highest BCUT2D eigenvalue weighted by atomic mass is 32.1. The second-order valence-electron chi connectivity index (χ2n) is 5.50. The van der Waals surface area contributed by atoms with Gasteiger partial charge in [-0.2, -0.15) is 5.10 Å². The Kier molecular flexibility index (Phi) is 4.28. The minimum absolute atomic E-state index is 0.120. The highest BCUT2D eigenvalue weighted by Gasteiger charge is 2.29. The summed E-state index contributed by atoms with van der Waals surface area (Å²) in [6.45, 7) is 0. The third-order valence-electron chi connectivity index (χ3n) is 3.86. The molecule has 2 aromatic heterocycles. The van der Waals surface area contributed by atoms with Crippen LogP contribution in [0.25, 0.3) is 6.08 Å². The molecule has 0 saturated heterocycles. The molecule has 1 aliphatic heterocycles. The van der Waals surface area contributed by atoms with Crippen LogP contribution in [0.2, 0.25) is 0 Å². The van der Waals surface area contributed by atoms with E-state index in [2.05, 4.69) is 35.0 Å². The quantitative estimate of drug-likeness (QED) is 0.563. The monoisotopic (exact) mass is 354 g/mol. The van der Waals surface area contributed by atoms with Crippen molar-refractivity contribution in [2.45, 2.75) is 12.5 Å². The van der Waals surface area contributed by atoms with Gasteiger partial charge in [-0.05, 0) is 53.2 Å². The van der Waals surface area contributed by atoms with Crippen LogP contribution in [0.1, 0.15) is 22.2 Å². The standard InChI is InChI=1S/C19H15FN2S2/c20-14-4-1-5-16(12-14)22-18(19-7-3-11-24-19)13-15(21-22)8-9-17-6-2-10-23-17/h1-12,18H,13H2. The van der Waals surface area contributed by atoms with Gasteiger partial charge in [0.15, 0.2) is 0 Å². The van der Waals surface area contributed by atoms with Crippen LogP contribution in [-0.2, 0) is 0 Å². The smallest absolute Gasteiger partial charge is 0.125 e. The summed E-state index contributed by atoms with van der Waals surface area (Å²) in [5.74, 6) is -0.241. The van der Waals surface area contributed by atoms with E-state index in [4.69, 9.17) is 5.10 Å². The van der Waals surface area contributed by atoms with E-state index in [0.717, 1.165) is 17.8 Å². The largest absolute Gasteiger partial charge is 0.256 e. The number of rotatable bonds is 4. The van der Waals surface area contributed by atoms with Crippen molar-refractivity contribution >= 4 is 40.1 Å². The van der Waals surface area contributed by atoms with Gasteiger partial charge in [0.25, 0.3) is 0 Å². The third-order valence-corrected chi connectivity index (χ3v) is 5.67. The van der Waals surface area contributed by atoms with Gasteiger partial charge in [-0.1, -0.05) is 18.2 Å². The molecule has 2 nitrogen and oxygen atoms in total. The first-order chi connectivity index (χ1) is 11.8. The maximum absolute atomic E-state index is 13.6. The van der Waals surface area contributed by atoms with Crippen LogP contribution in [0.3, 0.4) is 0 Å². The van der Waals surface area contributed by atoms with Crippen LogP contribution in [0.4, 0.5) is 10.1 Å². The third kappa shape index (κ3) is 3.18. The molecule has 120 valence electrons. The molecular formula is C19H15FN2S2. The minimum Gasteiger partial charge on any atom is -0.256 e. The molecule has 1 atom stereocenters. The maximum Gasteiger partial charge on any atom is 0.125 e. The van der Waals surface area contributed by atoms with Crippen LogP contribution in [-0.4, -0.2) is 5.71 Å². The van der Waals surface area contributed by atoms with Gasteiger partial charge in [0, 0.05) is 16.2 Å². The fourth-order valence-electron chi connectivity index (χ4n) is 2.76. The molecule has 3 aromatic rings. The topological polar surface area (TPSA) is 15.6 Å². The lowest BCUT2D eigenvalue weighted by atomic mass is 10.1. The van der Waals surface area contributed by atoms with E-state index < -0.39 is 0 Å². The van der Waals surface area contributed by atoms with Gasteiger partial charge >= 0.3 is 0 Å². The van der Waals surface area contributed by atoms with Crippen LogP contribution in [0.15, 0.2) is 70.5 Å². The predicted octanol–water partition coefficient (Wildman–Crippen LogP) is 5.97. The molecule has 0 N–H and O–H groups in total. The summed E-state index contributed by atoms with van der Waals surface area (Å²) in [5, 5.41) is 10.8. The zero-order valence-electron chi connectivity index (χ0n) is 12.8. The molecule has 0 amide bonds. The summed E-state index contributed by atoms with van der Waals surface area (Å²) in [6.07, 6.45) is 4.97. The highest BCUT2D eigenvalue weighted by Crippen LogP contribution is 2.37. The Balaban J connectivity index is 1.66. The maximum atomic E-state index is 13.6. The van der Waals surface area contributed by atoms with E-state index >= 15 is 0 Å². The van der Waals surface area contributed by atoms with Crippen molar-refractivity contribution in [1.82, 2.24) is 0 Å². The Morgan fingerprint density at radius 3 is 2.67 bits per heavy atom. The fraction of sp³-hybridized carbons (Fsp3) is 0.105. The molecule has 1 aliphatic rings. The molecular weight excluding hydrogens is 339 g/mol. The molecule has 5 heteroatoms. The van der Waals surface area contributed by atoms with E-state index in [-0.39, 0.29) is 11.9 Å². The van der Waals surface area contributed by atoms with E-state index in [0.29, 0.717) is 0 Å². The molecule has 0 bridgehead atoms. The molecule has 3 heterocycles.